The first-order chi connectivity index (χ1) is 13.2. The van der Waals surface area contributed by atoms with E-state index in [0.717, 1.165) is 32.7 Å². The number of nitrogens with zero attached hydrogens (tertiary/aromatic N) is 5. The molecule has 6 nitrogen and oxygen atoms in total. The molecule has 0 fully saturated rings. The van der Waals surface area contributed by atoms with Crippen LogP contribution in [0.25, 0.3) is 0 Å². The SMILES string of the molecule is CN(CCO)c1ccc(/C=N\n2cnnc2SCc2ccc(Cl)cc2)cc1. The lowest BCUT2D eigenvalue weighted by Crippen LogP contribution is -2.20. The van der Waals surface area contributed by atoms with Gasteiger partial charge in [-0.2, -0.15) is 9.78 Å². The molecule has 0 saturated carbocycles. The van der Waals surface area contributed by atoms with Gasteiger partial charge in [-0.25, -0.2) is 0 Å². The number of aromatic nitrogens is 3. The molecule has 0 spiro atoms. The van der Waals surface area contributed by atoms with E-state index < -0.39 is 0 Å². The minimum atomic E-state index is 0.129. The van der Waals surface area contributed by atoms with Crippen molar-refractivity contribution in [3.8, 4) is 0 Å². The van der Waals surface area contributed by atoms with Crippen LogP contribution >= 0.6 is 23.4 Å². The number of anilines is 1. The number of hydrogen-bond acceptors (Lipinski definition) is 6. The molecule has 0 unspecified atom stereocenters. The molecule has 0 atom stereocenters. The predicted octanol–water partition coefficient (Wildman–Crippen LogP) is 3.53. The second kappa shape index (κ2) is 9.55. The third kappa shape index (κ3) is 5.56. The number of thioether (sulfide) groups is 1. The largest absolute Gasteiger partial charge is 0.395 e. The molecule has 0 amide bonds. The minimum absolute atomic E-state index is 0.129. The van der Waals surface area contributed by atoms with E-state index in [1.54, 1.807) is 29.0 Å². The van der Waals surface area contributed by atoms with Gasteiger partial charge < -0.3 is 10.0 Å². The average molecular weight is 402 g/mol. The van der Waals surface area contributed by atoms with Gasteiger partial charge in [-0.05, 0) is 35.4 Å². The molecule has 0 saturated heterocycles. The molecule has 3 aromatic rings. The molecule has 2 aromatic carbocycles. The highest BCUT2D eigenvalue weighted by atomic mass is 35.5. The Bertz CT molecular complexity index is 880. The van der Waals surface area contributed by atoms with Gasteiger partial charge >= 0.3 is 0 Å². The first-order valence-electron chi connectivity index (χ1n) is 8.39. The Morgan fingerprint density at radius 2 is 1.93 bits per heavy atom. The van der Waals surface area contributed by atoms with Gasteiger partial charge in [0.2, 0.25) is 5.16 Å². The summed E-state index contributed by atoms with van der Waals surface area (Å²) in [5.41, 5.74) is 3.17. The van der Waals surface area contributed by atoms with E-state index >= 15 is 0 Å². The Labute approximate surface area is 167 Å². The third-order valence-corrected chi connectivity index (χ3v) is 5.14. The van der Waals surface area contributed by atoms with Crippen molar-refractivity contribution in [3.05, 3.63) is 71.0 Å². The lowest BCUT2D eigenvalue weighted by atomic mass is 10.2. The Morgan fingerprint density at radius 3 is 2.63 bits per heavy atom. The van der Waals surface area contributed by atoms with Crippen LogP contribution in [0.5, 0.6) is 0 Å². The summed E-state index contributed by atoms with van der Waals surface area (Å²) >= 11 is 7.47. The van der Waals surface area contributed by atoms with E-state index in [9.17, 15) is 0 Å². The van der Waals surface area contributed by atoms with Crippen molar-refractivity contribution in [2.24, 2.45) is 5.10 Å². The summed E-state index contributed by atoms with van der Waals surface area (Å²) < 4.78 is 1.66. The summed E-state index contributed by atoms with van der Waals surface area (Å²) in [7, 11) is 1.95. The first kappa shape index (κ1) is 19.4. The number of aliphatic hydroxyl groups excluding tert-OH is 1. The van der Waals surface area contributed by atoms with Gasteiger partial charge in [0.1, 0.15) is 6.33 Å². The topological polar surface area (TPSA) is 66.5 Å². The van der Waals surface area contributed by atoms with Crippen molar-refractivity contribution in [2.45, 2.75) is 10.9 Å². The lowest BCUT2D eigenvalue weighted by molar-refractivity contribution is 0.304. The first-order valence-corrected chi connectivity index (χ1v) is 9.76. The molecule has 1 N–H and O–H groups in total. The summed E-state index contributed by atoms with van der Waals surface area (Å²) in [5.74, 6) is 0.761. The van der Waals surface area contributed by atoms with Gasteiger partial charge in [0.05, 0.1) is 12.8 Å². The molecule has 140 valence electrons. The van der Waals surface area contributed by atoms with E-state index in [1.807, 2.05) is 60.5 Å². The molecule has 0 aliphatic rings. The Hall–Kier alpha value is -2.35. The van der Waals surface area contributed by atoms with E-state index in [2.05, 4.69) is 15.3 Å². The van der Waals surface area contributed by atoms with Crippen molar-refractivity contribution in [1.82, 2.24) is 14.9 Å². The minimum Gasteiger partial charge on any atom is -0.395 e. The van der Waals surface area contributed by atoms with Crippen LogP contribution in [0.4, 0.5) is 5.69 Å². The summed E-state index contributed by atoms with van der Waals surface area (Å²) in [6.45, 7) is 0.728. The summed E-state index contributed by atoms with van der Waals surface area (Å²) in [6.07, 6.45) is 3.36. The molecule has 8 heteroatoms. The van der Waals surface area contributed by atoms with Crippen LogP contribution in [0.15, 0.2) is 65.1 Å². The Kier molecular flexibility index (Phi) is 6.86. The summed E-state index contributed by atoms with van der Waals surface area (Å²) in [5, 5.41) is 23.0. The van der Waals surface area contributed by atoms with Crippen LogP contribution in [-0.4, -0.2) is 46.4 Å². The van der Waals surface area contributed by atoms with Gasteiger partial charge in [-0.1, -0.05) is 47.6 Å². The third-order valence-electron chi connectivity index (χ3n) is 3.88. The Balaban J connectivity index is 1.62. The number of benzene rings is 2. The maximum Gasteiger partial charge on any atom is 0.212 e. The molecule has 0 radical (unpaired) electrons. The van der Waals surface area contributed by atoms with E-state index in [-0.39, 0.29) is 6.61 Å². The highest BCUT2D eigenvalue weighted by Crippen LogP contribution is 2.21. The fourth-order valence-corrected chi connectivity index (χ4v) is 3.29. The second-order valence-corrected chi connectivity index (χ2v) is 7.23. The molecule has 27 heavy (non-hydrogen) atoms. The van der Waals surface area contributed by atoms with Gasteiger partial charge in [-0.15, -0.1) is 10.2 Å². The van der Waals surface area contributed by atoms with Crippen molar-refractivity contribution < 1.29 is 5.11 Å². The van der Waals surface area contributed by atoms with Crippen LogP contribution in [0, 0.1) is 0 Å². The maximum atomic E-state index is 9.01. The van der Waals surface area contributed by atoms with Crippen LogP contribution < -0.4 is 4.90 Å². The number of likely N-dealkylation sites (N-methyl/N-ethyl adjacent to an activating group) is 1. The standard InChI is InChI=1S/C19H20ClN5OS/c1-24(10-11-26)18-8-4-15(5-9-18)12-22-25-14-21-23-19(25)27-13-16-2-6-17(20)7-3-16/h2-9,12,14,26H,10-11,13H2,1H3/b22-12-. The van der Waals surface area contributed by atoms with Gasteiger partial charge in [-0.3, -0.25) is 0 Å². The monoisotopic (exact) mass is 401 g/mol. The zero-order valence-corrected chi connectivity index (χ0v) is 16.4. The second-order valence-electron chi connectivity index (χ2n) is 5.85. The normalized spacial score (nSPS) is 11.2. The van der Waals surface area contributed by atoms with Crippen LogP contribution in [0.2, 0.25) is 5.02 Å². The Morgan fingerprint density at radius 1 is 1.19 bits per heavy atom. The highest BCUT2D eigenvalue weighted by Gasteiger charge is 2.05. The lowest BCUT2D eigenvalue weighted by Gasteiger charge is -2.17. The molecule has 0 aliphatic carbocycles. The molecular weight excluding hydrogens is 382 g/mol. The fourth-order valence-electron chi connectivity index (χ4n) is 2.34. The molecule has 1 aromatic heterocycles. The number of hydrogen-bond donors (Lipinski definition) is 1. The quantitative estimate of drug-likeness (QED) is 0.462. The summed E-state index contributed by atoms with van der Waals surface area (Å²) in [6, 6.07) is 15.7. The van der Waals surface area contributed by atoms with Crippen molar-refractivity contribution in [3.63, 3.8) is 0 Å². The van der Waals surface area contributed by atoms with Crippen LogP contribution in [0.3, 0.4) is 0 Å². The molecule has 3 rings (SSSR count). The number of rotatable bonds is 8. The van der Waals surface area contributed by atoms with Gasteiger partial charge in [0.25, 0.3) is 0 Å². The smallest absolute Gasteiger partial charge is 0.212 e. The number of halogens is 1. The highest BCUT2D eigenvalue weighted by molar-refractivity contribution is 7.98. The van der Waals surface area contributed by atoms with E-state index in [4.69, 9.17) is 16.7 Å². The van der Waals surface area contributed by atoms with Crippen molar-refractivity contribution in [2.75, 3.05) is 25.1 Å². The summed E-state index contributed by atoms with van der Waals surface area (Å²) in [4.78, 5) is 1.99. The fraction of sp³-hybridized carbons (Fsp3) is 0.211. The van der Waals surface area contributed by atoms with E-state index in [1.165, 1.54) is 0 Å². The van der Waals surface area contributed by atoms with Crippen molar-refractivity contribution >= 4 is 35.3 Å². The maximum absolute atomic E-state index is 9.01. The average Bonchev–Trinajstić information content (AvgIpc) is 3.14. The zero-order valence-electron chi connectivity index (χ0n) is 14.9. The molecular formula is C19H20ClN5OS. The molecule has 1 heterocycles. The predicted molar refractivity (Wildman–Crippen MR) is 111 cm³/mol. The van der Waals surface area contributed by atoms with Crippen LogP contribution in [-0.2, 0) is 5.75 Å². The molecule has 0 aliphatic heterocycles. The van der Waals surface area contributed by atoms with Crippen molar-refractivity contribution in [1.29, 1.82) is 0 Å². The van der Waals surface area contributed by atoms with E-state index in [0.29, 0.717) is 6.54 Å². The molecule has 0 bridgehead atoms. The zero-order chi connectivity index (χ0) is 19.1. The van der Waals surface area contributed by atoms with Crippen LogP contribution in [0.1, 0.15) is 11.1 Å². The van der Waals surface area contributed by atoms with Gasteiger partial charge in [0.15, 0.2) is 0 Å². The van der Waals surface area contributed by atoms with Gasteiger partial charge in [0, 0.05) is 30.1 Å². The number of aliphatic hydroxyl groups is 1.